The molecule has 118 valence electrons. The summed E-state index contributed by atoms with van der Waals surface area (Å²) in [6.07, 6.45) is 0.758. The van der Waals surface area contributed by atoms with Gasteiger partial charge in [0.25, 0.3) is 5.91 Å². The SMILES string of the molecule is COC(=O)Nc1cn(CC(=O)n2nc(C)c(CN)c2C)nn1. The number of ether oxygens (including phenoxy) is 1. The first-order valence-corrected chi connectivity index (χ1v) is 6.49. The van der Waals surface area contributed by atoms with Crippen LogP contribution in [0.4, 0.5) is 10.6 Å². The van der Waals surface area contributed by atoms with Crippen molar-refractivity contribution in [2.45, 2.75) is 26.9 Å². The third-order valence-corrected chi connectivity index (χ3v) is 3.13. The van der Waals surface area contributed by atoms with E-state index in [1.807, 2.05) is 0 Å². The van der Waals surface area contributed by atoms with Crippen LogP contribution in [-0.4, -0.2) is 43.9 Å². The van der Waals surface area contributed by atoms with Crippen LogP contribution in [0.5, 0.6) is 0 Å². The van der Waals surface area contributed by atoms with Gasteiger partial charge in [-0.05, 0) is 13.8 Å². The smallest absolute Gasteiger partial charge is 0.412 e. The Morgan fingerprint density at radius 1 is 1.41 bits per heavy atom. The number of amides is 1. The topological polar surface area (TPSA) is 130 Å². The van der Waals surface area contributed by atoms with Crippen molar-refractivity contribution >= 4 is 17.8 Å². The molecule has 10 heteroatoms. The first kappa shape index (κ1) is 15.6. The summed E-state index contributed by atoms with van der Waals surface area (Å²) in [7, 11) is 1.24. The van der Waals surface area contributed by atoms with Gasteiger partial charge in [-0.25, -0.2) is 14.2 Å². The molecule has 0 saturated carbocycles. The van der Waals surface area contributed by atoms with Crippen LogP contribution in [0, 0.1) is 13.8 Å². The van der Waals surface area contributed by atoms with Crippen LogP contribution in [0.2, 0.25) is 0 Å². The van der Waals surface area contributed by atoms with E-state index < -0.39 is 6.09 Å². The van der Waals surface area contributed by atoms with Crippen molar-refractivity contribution in [1.82, 2.24) is 24.8 Å². The van der Waals surface area contributed by atoms with E-state index in [0.29, 0.717) is 12.2 Å². The van der Waals surface area contributed by atoms with Crippen molar-refractivity contribution < 1.29 is 14.3 Å². The Morgan fingerprint density at radius 2 is 2.14 bits per heavy atom. The number of rotatable bonds is 4. The van der Waals surface area contributed by atoms with Crippen molar-refractivity contribution in [3.63, 3.8) is 0 Å². The second-order valence-corrected chi connectivity index (χ2v) is 4.58. The highest BCUT2D eigenvalue weighted by Gasteiger charge is 2.16. The first-order chi connectivity index (χ1) is 10.5. The van der Waals surface area contributed by atoms with Crippen molar-refractivity contribution in [3.05, 3.63) is 23.1 Å². The highest BCUT2D eigenvalue weighted by atomic mass is 16.5. The fourth-order valence-corrected chi connectivity index (χ4v) is 2.01. The van der Waals surface area contributed by atoms with Crippen molar-refractivity contribution in [3.8, 4) is 0 Å². The lowest BCUT2D eigenvalue weighted by Gasteiger charge is -2.03. The zero-order valence-corrected chi connectivity index (χ0v) is 12.5. The molecular formula is C12H17N7O3. The lowest BCUT2D eigenvalue weighted by atomic mass is 10.2. The summed E-state index contributed by atoms with van der Waals surface area (Å²) >= 11 is 0. The fourth-order valence-electron chi connectivity index (χ4n) is 2.01. The van der Waals surface area contributed by atoms with E-state index in [1.54, 1.807) is 13.8 Å². The van der Waals surface area contributed by atoms with Crippen LogP contribution in [-0.2, 0) is 17.8 Å². The molecule has 0 aliphatic carbocycles. The predicted molar refractivity (Wildman–Crippen MR) is 76.3 cm³/mol. The van der Waals surface area contributed by atoms with E-state index in [1.165, 1.54) is 22.7 Å². The Morgan fingerprint density at radius 3 is 2.73 bits per heavy atom. The molecule has 2 aromatic heterocycles. The molecule has 0 bridgehead atoms. The first-order valence-electron chi connectivity index (χ1n) is 6.49. The maximum atomic E-state index is 12.3. The lowest BCUT2D eigenvalue weighted by Crippen LogP contribution is -2.21. The van der Waals surface area contributed by atoms with Crippen LogP contribution < -0.4 is 11.1 Å². The standard InChI is InChI=1S/C12H17N7O3/c1-7-9(4-13)8(2)19(16-7)11(20)6-18-5-10(15-17-18)14-12(21)22-3/h5H,4,6,13H2,1-3H3,(H,14,21). The van der Waals surface area contributed by atoms with Crippen LogP contribution in [0.15, 0.2) is 6.20 Å². The molecule has 3 N–H and O–H groups in total. The minimum absolute atomic E-state index is 0.0676. The number of nitrogens with one attached hydrogen (secondary N) is 1. The molecule has 0 spiro atoms. The van der Waals surface area contributed by atoms with Gasteiger partial charge in [-0.2, -0.15) is 5.10 Å². The minimum atomic E-state index is -0.662. The van der Waals surface area contributed by atoms with Gasteiger partial charge in [0, 0.05) is 17.8 Å². The molecular weight excluding hydrogens is 290 g/mol. The molecule has 22 heavy (non-hydrogen) atoms. The van der Waals surface area contributed by atoms with E-state index >= 15 is 0 Å². The van der Waals surface area contributed by atoms with Gasteiger partial charge in [-0.3, -0.25) is 10.1 Å². The van der Waals surface area contributed by atoms with Gasteiger partial charge < -0.3 is 10.5 Å². The molecule has 0 aromatic carbocycles. The molecule has 0 atom stereocenters. The van der Waals surface area contributed by atoms with E-state index in [-0.39, 0.29) is 18.3 Å². The average Bonchev–Trinajstić information content (AvgIpc) is 3.03. The molecule has 0 saturated heterocycles. The Kier molecular flexibility index (Phi) is 4.51. The maximum absolute atomic E-state index is 12.3. The summed E-state index contributed by atoms with van der Waals surface area (Å²) in [5, 5.41) is 14.0. The lowest BCUT2D eigenvalue weighted by molar-refractivity contribution is 0.0866. The number of nitrogens with zero attached hydrogens (tertiary/aromatic N) is 5. The number of hydrogen-bond donors (Lipinski definition) is 2. The third kappa shape index (κ3) is 3.11. The summed E-state index contributed by atoms with van der Waals surface area (Å²) in [6.45, 7) is 3.84. The van der Waals surface area contributed by atoms with Gasteiger partial charge in [-0.15, -0.1) is 5.10 Å². The summed E-state index contributed by atoms with van der Waals surface area (Å²) in [5.74, 6) is -0.0921. The van der Waals surface area contributed by atoms with Gasteiger partial charge in [0.1, 0.15) is 6.54 Å². The van der Waals surface area contributed by atoms with Crippen molar-refractivity contribution in [2.24, 2.45) is 5.73 Å². The van der Waals surface area contributed by atoms with E-state index in [9.17, 15) is 9.59 Å². The third-order valence-electron chi connectivity index (χ3n) is 3.13. The molecule has 1 amide bonds. The van der Waals surface area contributed by atoms with Crippen LogP contribution in [0.3, 0.4) is 0 Å². The molecule has 0 unspecified atom stereocenters. The van der Waals surface area contributed by atoms with E-state index in [2.05, 4.69) is 25.5 Å². The normalized spacial score (nSPS) is 10.5. The summed E-state index contributed by atoms with van der Waals surface area (Å²) in [6, 6.07) is 0. The molecule has 2 rings (SSSR count). The number of aromatic nitrogens is 5. The average molecular weight is 307 g/mol. The Bertz CT molecular complexity index is 704. The van der Waals surface area contributed by atoms with Gasteiger partial charge in [-0.1, -0.05) is 5.21 Å². The Hall–Kier alpha value is -2.75. The van der Waals surface area contributed by atoms with Crippen LogP contribution >= 0.6 is 0 Å². The number of nitrogens with two attached hydrogens (primary N) is 1. The Labute approximate surface area is 126 Å². The number of aryl methyl sites for hydroxylation is 1. The van der Waals surface area contributed by atoms with Gasteiger partial charge in [0.05, 0.1) is 19.0 Å². The molecule has 0 radical (unpaired) electrons. The quantitative estimate of drug-likeness (QED) is 0.817. The molecule has 2 aromatic rings. The van der Waals surface area contributed by atoms with Crippen molar-refractivity contribution in [1.29, 1.82) is 0 Å². The largest absolute Gasteiger partial charge is 0.453 e. The second kappa shape index (κ2) is 6.35. The van der Waals surface area contributed by atoms with E-state index in [0.717, 1.165) is 11.3 Å². The number of carbonyl (C=O) groups excluding carboxylic acids is 2. The fraction of sp³-hybridized carbons (Fsp3) is 0.417. The van der Waals surface area contributed by atoms with E-state index in [4.69, 9.17) is 5.73 Å². The number of methoxy groups -OCH3 is 1. The molecule has 0 fully saturated rings. The number of anilines is 1. The molecule has 10 nitrogen and oxygen atoms in total. The predicted octanol–water partition coefficient (Wildman–Crippen LogP) is 0.0688. The number of carbonyl (C=O) groups is 2. The zero-order valence-electron chi connectivity index (χ0n) is 12.5. The monoisotopic (exact) mass is 307 g/mol. The summed E-state index contributed by atoms with van der Waals surface area (Å²) < 4.78 is 7.03. The van der Waals surface area contributed by atoms with Gasteiger partial charge >= 0.3 is 6.09 Å². The maximum Gasteiger partial charge on any atom is 0.412 e. The van der Waals surface area contributed by atoms with Gasteiger partial charge in [0.2, 0.25) is 0 Å². The second-order valence-electron chi connectivity index (χ2n) is 4.58. The number of hydrogen-bond acceptors (Lipinski definition) is 7. The van der Waals surface area contributed by atoms with Gasteiger partial charge in [0.15, 0.2) is 5.82 Å². The summed E-state index contributed by atoms with van der Waals surface area (Å²) in [5.41, 5.74) is 7.91. The highest BCUT2D eigenvalue weighted by Crippen LogP contribution is 2.12. The summed E-state index contributed by atoms with van der Waals surface area (Å²) in [4.78, 5) is 23.3. The molecule has 0 aliphatic heterocycles. The van der Waals surface area contributed by atoms with Crippen molar-refractivity contribution in [2.75, 3.05) is 12.4 Å². The Balaban J connectivity index is 2.11. The molecule has 0 aliphatic rings. The molecule has 2 heterocycles. The minimum Gasteiger partial charge on any atom is -0.453 e. The van der Waals surface area contributed by atoms with Crippen LogP contribution in [0.1, 0.15) is 21.7 Å². The van der Waals surface area contributed by atoms with Crippen LogP contribution in [0.25, 0.3) is 0 Å². The highest BCUT2D eigenvalue weighted by molar-refractivity contribution is 5.83. The zero-order chi connectivity index (χ0) is 16.3.